The fraction of sp³-hybridized carbons (Fsp3) is 0.429. The van der Waals surface area contributed by atoms with Gasteiger partial charge in [0.05, 0.1) is 6.04 Å². The number of anilines is 1. The Morgan fingerprint density at radius 1 is 1.14 bits per heavy atom. The molecule has 1 aromatic carbocycles. The molecule has 2 amide bonds. The van der Waals surface area contributed by atoms with Crippen LogP contribution in [0.4, 0.5) is 5.69 Å². The normalized spacial score (nSPS) is 14.0. The minimum absolute atomic E-state index is 0.0224. The van der Waals surface area contributed by atoms with Crippen LogP contribution in [0.25, 0.3) is 0 Å². The van der Waals surface area contributed by atoms with E-state index in [4.69, 9.17) is 0 Å². The average molecular weight is 401 g/mol. The predicted octanol–water partition coefficient (Wildman–Crippen LogP) is 2.04. The molecule has 1 unspecified atom stereocenters. The molecule has 0 saturated heterocycles. The molecule has 6 nitrogen and oxygen atoms in total. The monoisotopic (exact) mass is 400 g/mol. The first kappa shape index (κ1) is 20.4. The molecule has 1 aliphatic heterocycles. The lowest BCUT2D eigenvalue weighted by Gasteiger charge is -2.30. The number of nitrogens with one attached hydrogen (secondary N) is 2. The highest BCUT2D eigenvalue weighted by molar-refractivity contribution is 7.10. The molecule has 0 fully saturated rings. The summed E-state index contributed by atoms with van der Waals surface area (Å²) in [5, 5.41) is 7.57. The number of benzene rings is 1. The summed E-state index contributed by atoms with van der Waals surface area (Å²) in [6.07, 6.45) is 1.81. The van der Waals surface area contributed by atoms with E-state index in [1.807, 2.05) is 36.5 Å². The van der Waals surface area contributed by atoms with E-state index in [1.54, 1.807) is 11.3 Å². The highest BCUT2D eigenvalue weighted by Gasteiger charge is 2.28. The molecule has 3 rings (SSSR count). The lowest BCUT2D eigenvalue weighted by Crippen LogP contribution is -2.44. The zero-order valence-electron chi connectivity index (χ0n) is 16.5. The number of amides is 2. The molecule has 2 aromatic rings. The summed E-state index contributed by atoms with van der Waals surface area (Å²) in [7, 11) is 3.96. The van der Waals surface area contributed by atoms with Gasteiger partial charge in [0.15, 0.2) is 0 Å². The van der Waals surface area contributed by atoms with Crippen LogP contribution >= 0.6 is 11.3 Å². The quantitative estimate of drug-likeness (QED) is 0.526. The highest BCUT2D eigenvalue weighted by Crippen LogP contribution is 2.36. The van der Waals surface area contributed by atoms with E-state index in [-0.39, 0.29) is 6.04 Å². The number of hydrogen-bond acceptors (Lipinski definition) is 5. The largest absolute Gasteiger partial charge is 0.361 e. The number of carbonyl (C=O) groups is 2. The summed E-state index contributed by atoms with van der Waals surface area (Å²) in [5.74, 6) is -1.13. The Kier molecular flexibility index (Phi) is 7.06. The minimum Gasteiger partial charge on any atom is -0.361 e. The molecule has 0 bridgehead atoms. The van der Waals surface area contributed by atoms with Crippen molar-refractivity contribution in [2.75, 3.05) is 45.2 Å². The van der Waals surface area contributed by atoms with Crippen molar-refractivity contribution in [2.45, 2.75) is 18.9 Å². The van der Waals surface area contributed by atoms with Crippen molar-refractivity contribution in [3.8, 4) is 0 Å². The summed E-state index contributed by atoms with van der Waals surface area (Å²) < 4.78 is 0. The van der Waals surface area contributed by atoms with E-state index in [9.17, 15) is 9.59 Å². The van der Waals surface area contributed by atoms with Crippen molar-refractivity contribution >= 4 is 28.8 Å². The Balaban J connectivity index is 1.59. The molecule has 7 heteroatoms. The molecule has 0 radical (unpaired) electrons. The first-order valence-electron chi connectivity index (χ1n) is 9.65. The van der Waals surface area contributed by atoms with Gasteiger partial charge >= 0.3 is 11.8 Å². The fourth-order valence-corrected chi connectivity index (χ4v) is 4.32. The van der Waals surface area contributed by atoms with Crippen LogP contribution in [-0.2, 0) is 16.0 Å². The van der Waals surface area contributed by atoms with Crippen LogP contribution in [0.1, 0.15) is 22.9 Å². The molecule has 1 aliphatic rings. The van der Waals surface area contributed by atoms with Crippen molar-refractivity contribution in [3.05, 3.63) is 52.2 Å². The molecule has 0 aliphatic carbocycles. The molecular formula is C21H28N4O2S. The van der Waals surface area contributed by atoms with Crippen LogP contribution in [0.15, 0.2) is 41.8 Å². The first-order chi connectivity index (χ1) is 13.6. The second kappa shape index (κ2) is 9.71. The number of rotatable bonds is 8. The zero-order chi connectivity index (χ0) is 19.9. The summed E-state index contributed by atoms with van der Waals surface area (Å²) in [6.45, 7) is 2.68. The summed E-state index contributed by atoms with van der Waals surface area (Å²) >= 11 is 1.67. The standard InChI is InChI=1S/C21H28N4O2S/c1-24(2)12-6-11-22-20(26)21(27)23-15-18(19-9-5-14-28-19)25-13-10-16-7-3-4-8-17(16)25/h3-5,7-9,14,18H,6,10-13,15H2,1-2H3,(H,22,26)(H,23,27). The van der Waals surface area contributed by atoms with Crippen molar-refractivity contribution in [2.24, 2.45) is 0 Å². The molecule has 1 aromatic heterocycles. The maximum absolute atomic E-state index is 12.3. The van der Waals surface area contributed by atoms with Crippen molar-refractivity contribution in [3.63, 3.8) is 0 Å². The van der Waals surface area contributed by atoms with Crippen molar-refractivity contribution < 1.29 is 9.59 Å². The molecule has 0 saturated carbocycles. The molecule has 1 atom stereocenters. The number of para-hydroxylation sites is 1. The van der Waals surface area contributed by atoms with E-state index < -0.39 is 11.8 Å². The van der Waals surface area contributed by atoms with Crippen LogP contribution in [0.2, 0.25) is 0 Å². The zero-order valence-corrected chi connectivity index (χ0v) is 17.3. The van der Waals surface area contributed by atoms with Gasteiger partial charge in [-0.05, 0) is 56.6 Å². The number of carbonyl (C=O) groups excluding carboxylic acids is 2. The molecule has 0 spiro atoms. The third-order valence-electron chi connectivity index (χ3n) is 4.90. The molecule has 2 N–H and O–H groups in total. The topological polar surface area (TPSA) is 64.7 Å². The van der Waals surface area contributed by atoms with Gasteiger partial charge in [0, 0.05) is 30.2 Å². The number of fused-ring (bicyclic) bond motifs is 1. The van der Waals surface area contributed by atoms with E-state index in [1.165, 1.54) is 16.1 Å². The maximum Gasteiger partial charge on any atom is 0.309 e. The Hall–Kier alpha value is -2.38. The Bertz CT molecular complexity index is 791. The number of thiophene rings is 1. The van der Waals surface area contributed by atoms with Crippen molar-refractivity contribution in [1.82, 2.24) is 15.5 Å². The van der Waals surface area contributed by atoms with Crippen LogP contribution in [0.5, 0.6) is 0 Å². The average Bonchev–Trinajstić information content (AvgIpc) is 3.36. The SMILES string of the molecule is CN(C)CCCNC(=O)C(=O)NCC(c1cccs1)N1CCc2ccccc21. The van der Waals surface area contributed by atoms with Crippen LogP contribution in [0.3, 0.4) is 0 Å². The smallest absolute Gasteiger partial charge is 0.309 e. The number of hydrogen-bond donors (Lipinski definition) is 2. The van der Waals surface area contributed by atoms with Gasteiger partial charge in [0.2, 0.25) is 0 Å². The van der Waals surface area contributed by atoms with Gasteiger partial charge in [-0.3, -0.25) is 9.59 Å². The van der Waals surface area contributed by atoms with E-state index >= 15 is 0 Å². The lowest BCUT2D eigenvalue weighted by molar-refractivity contribution is -0.139. The van der Waals surface area contributed by atoms with E-state index in [2.05, 4.69) is 39.8 Å². The lowest BCUT2D eigenvalue weighted by atomic mass is 10.1. The Morgan fingerprint density at radius 2 is 1.93 bits per heavy atom. The van der Waals surface area contributed by atoms with Crippen LogP contribution < -0.4 is 15.5 Å². The van der Waals surface area contributed by atoms with Gasteiger partial charge in [0.25, 0.3) is 0 Å². The third kappa shape index (κ3) is 5.11. The summed E-state index contributed by atoms with van der Waals surface area (Å²) in [5.41, 5.74) is 2.54. The van der Waals surface area contributed by atoms with Gasteiger partial charge < -0.3 is 20.4 Å². The van der Waals surface area contributed by atoms with Crippen LogP contribution in [-0.4, -0.2) is 57.0 Å². The second-order valence-electron chi connectivity index (χ2n) is 7.23. The van der Waals surface area contributed by atoms with Gasteiger partial charge in [-0.1, -0.05) is 24.3 Å². The highest BCUT2D eigenvalue weighted by atomic mass is 32.1. The molecule has 150 valence electrons. The minimum atomic E-state index is -0.570. The Labute approximate surface area is 170 Å². The molecular weight excluding hydrogens is 372 g/mol. The fourth-order valence-electron chi connectivity index (χ4n) is 3.48. The van der Waals surface area contributed by atoms with Crippen LogP contribution in [0, 0.1) is 0 Å². The van der Waals surface area contributed by atoms with E-state index in [0.717, 1.165) is 25.9 Å². The van der Waals surface area contributed by atoms with Gasteiger partial charge in [-0.2, -0.15) is 0 Å². The maximum atomic E-state index is 12.3. The first-order valence-corrected chi connectivity index (χ1v) is 10.5. The van der Waals surface area contributed by atoms with Crippen molar-refractivity contribution in [1.29, 1.82) is 0 Å². The third-order valence-corrected chi connectivity index (χ3v) is 5.87. The molecule has 28 heavy (non-hydrogen) atoms. The predicted molar refractivity (Wildman–Crippen MR) is 114 cm³/mol. The summed E-state index contributed by atoms with van der Waals surface area (Å²) in [4.78, 5) is 29.9. The Morgan fingerprint density at radius 3 is 2.68 bits per heavy atom. The number of nitrogens with zero attached hydrogens (tertiary/aromatic N) is 2. The summed E-state index contributed by atoms with van der Waals surface area (Å²) in [6, 6.07) is 12.5. The second-order valence-corrected chi connectivity index (χ2v) is 8.21. The van der Waals surface area contributed by atoms with E-state index in [0.29, 0.717) is 13.1 Å². The van der Waals surface area contributed by atoms with Gasteiger partial charge in [-0.15, -0.1) is 11.3 Å². The van der Waals surface area contributed by atoms with Gasteiger partial charge in [0.1, 0.15) is 0 Å². The van der Waals surface area contributed by atoms with Gasteiger partial charge in [-0.25, -0.2) is 0 Å². The molecule has 2 heterocycles.